The van der Waals surface area contributed by atoms with Crippen LogP contribution in [0.4, 0.5) is 0 Å². The number of amides is 1. The number of sulfone groups is 1. The molecule has 1 rings (SSSR count). The fourth-order valence-electron chi connectivity index (χ4n) is 1.58. The van der Waals surface area contributed by atoms with Gasteiger partial charge in [-0.25, -0.2) is 8.42 Å². The fourth-order valence-corrected chi connectivity index (χ4v) is 2.05. The van der Waals surface area contributed by atoms with Crippen LogP contribution in [0.2, 0.25) is 0 Å². The van der Waals surface area contributed by atoms with Crippen LogP contribution in [0.15, 0.2) is 0 Å². The van der Waals surface area contributed by atoms with Crippen molar-refractivity contribution >= 4 is 15.7 Å². The highest BCUT2D eigenvalue weighted by molar-refractivity contribution is 7.92. The average molecular weight is 265 g/mol. The first-order valence-electron chi connectivity index (χ1n) is 5.47. The molecule has 1 amide bonds. The highest BCUT2D eigenvalue weighted by atomic mass is 32.2. The number of nitrogens with one attached hydrogen (secondary N) is 1. The second-order valence-electron chi connectivity index (χ2n) is 4.56. The third-order valence-corrected chi connectivity index (χ3v) is 4.74. The van der Waals surface area contributed by atoms with Crippen LogP contribution in [0.5, 0.6) is 0 Å². The Balaban J connectivity index is 2.54. The smallest absolute Gasteiger partial charge is 0.238 e. The summed E-state index contributed by atoms with van der Waals surface area (Å²) < 4.78 is 27.5. The molecule has 2 N–H and O–H groups in total. The van der Waals surface area contributed by atoms with Crippen molar-refractivity contribution in [2.45, 2.75) is 37.2 Å². The van der Waals surface area contributed by atoms with Crippen molar-refractivity contribution in [2.24, 2.45) is 0 Å². The predicted octanol–water partition coefficient (Wildman–Crippen LogP) is -0.924. The molecule has 6 nitrogen and oxygen atoms in total. The van der Waals surface area contributed by atoms with Crippen molar-refractivity contribution in [3.8, 4) is 0 Å². The first-order valence-corrected chi connectivity index (χ1v) is 7.43. The highest BCUT2D eigenvalue weighted by Gasteiger charge is 2.40. The molecule has 1 aliphatic heterocycles. The maximum absolute atomic E-state index is 11.6. The second-order valence-corrected chi connectivity index (χ2v) is 6.92. The Labute approximate surface area is 101 Å². The van der Waals surface area contributed by atoms with E-state index in [1.807, 2.05) is 0 Å². The fraction of sp³-hybridized carbons (Fsp3) is 0.900. The number of rotatable bonds is 4. The molecule has 0 bridgehead atoms. The summed E-state index contributed by atoms with van der Waals surface area (Å²) in [6, 6.07) is 0. The lowest BCUT2D eigenvalue weighted by atomic mass is 9.97. The van der Waals surface area contributed by atoms with Gasteiger partial charge in [0.05, 0.1) is 6.10 Å². The first kappa shape index (κ1) is 14.4. The van der Waals surface area contributed by atoms with Crippen LogP contribution in [-0.4, -0.2) is 55.8 Å². The standard InChI is InChI=1S/C10H19NO5S/c1-7(17(3,14)15)9(12)11-6-10(13)4-5-16-8(10)2/h7-8,13H,4-6H2,1-3H3,(H,11,12). The molecule has 0 saturated carbocycles. The van der Waals surface area contributed by atoms with Gasteiger partial charge in [-0.3, -0.25) is 4.79 Å². The van der Waals surface area contributed by atoms with Crippen molar-refractivity contribution in [3.63, 3.8) is 0 Å². The zero-order valence-corrected chi connectivity index (χ0v) is 11.1. The summed E-state index contributed by atoms with van der Waals surface area (Å²) in [6.07, 6.45) is 1.07. The molecule has 7 heteroatoms. The number of hydrogen-bond donors (Lipinski definition) is 2. The monoisotopic (exact) mass is 265 g/mol. The molecule has 1 fully saturated rings. The third kappa shape index (κ3) is 3.40. The van der Waals surface area contributed by atoms with Crippen LogP contribution in [0.1, 0.15) is 20.3 Å². The Morgan fingerprint density at radius 3 is 2.65 bits per heavy atom. The topological polar surface area (TPSA) is 92.7 Å². The van der Waals surface area contributed by atoms with Gasteiger partial charge in [-0.2, -0.15) is 0 Å². The van der Waals surface area contributed by atoms with E-state index in [9.17, 15) is 18.3 Å². The lowest BCUT2D eigenvalue weighted by Crippen LogP contribution is -2.50. The summed E-state index contributed by atoms with van der Waals surface area (Å²) in [5, 5.41) is 11.5. The maximum Gasteiger partial charge on any atom is 0.238 e. The Morgan fingerprint density at radius 1 is 1.65 bits per heavy atom. The second kappa shape index (κ2) is 4.91. The number of carbonyl (C=O) groups is 1. The van der Waals surface area contributed by atoms with Gasteiger partial charge in [0.25, 0.3) is 0 Å². The average Bonchev–Trinajstić information content (AvgIpc) is 2.54. The summed E-state index contributed by atoms with van der Waals surface area (Å²) >= 11 is 0. The number of aliphatic hydroxyl groups is 1. The first-order chi connectivity index (χ1) is 7.67. The van der Waals surface area contributed by atoms with Crippen molar-refractivity contribution < 1.29 is 23.1 Å². The summed E-state index contributed by atoms with van der Waals surface area (Å²) in [6.45, 7) is 3.49. The van der Waals surface area contributed by atoms with E-state index in [1.54, 1.807) is 6.92 Å². The molecule has 3 unspecified atom stereocenters. The zero-order valence-electron chi connectivity index (χ0n) is 10.3. The van der Waals surface area contributed by atoms with E-state index >= 15 is 0 Å². The van der Waals surface area contributed by atoms with Crippen molar-refractivity contribution in [1.29, 1.82) is 0 Å². The van der Waals surface area contributed by atoms with E-state index in [4.69, 9.17) is 4.74 Å². The van der Waals surface area contributed by atoms with Gasteiger partial charge < -0.3 is 15.2 Å². The van der Waals surface area contributed by atoms with Crippen LogP contribution >= 0.6 is 0 Å². The maximum atomic E-state index is 11.6. The van der Waals surface area contributed by atoms with Crippen LogP contribution in [0.25, 0.3) is 0 Å². The normalized spacial score (nSPS) is 31.2. The molecule has 0 aromatic carbocycles. The summed E-state index contributed by atoms with van der Waals surface area (Å²) in [5.41, 5.74) is -1.10. The van der Waals surface area contributed by atoms with E-state index in [0.29, 0.717) is 13.0 Å². The van der Waals surface area contributed by atoms with Crippen LogP contribution < -0.4 is 5.32 Å². The van der Waals surface area contributed by atoms with Crippen LogP contribution in [-0.2, 0) is 19.4 Å². The van der Waals surface area contributed by atoms with Gasteiger partial charge in [-0.05, 0) is 13.8 Å². The minimum atomic E-state index is -3.41. The molecular weight excluding hydrogens is 246 g/mol. The lowest BCUT2D eigenvalue weighted by molar-refractivity contribution is -0.122. The molecule has 100 valence electrons. The van der Waals surface area contributed by atoms with Gasteiger partial charge in [0.15, 0.2) is 9.84 Å². The zero-order chi connectivity index (χ0) is 13.3. The molecular formula is C10H19NO5S. The summed E-state index contributed by atoms with van der Waals surface area (Å²) in [7, 11) is -3.41. The molecule has 0 radical (unpaired) electrons. The number of carbonyl (C=O) groups excluding carboxylic acids is 1. The molecule has 17 heavy (non-hydrogen) atoms. The van der Waals surface area contributed by atoms with Crippen LogP contribution in [0, 0.1) is 0 Å². The van der Waals surface area contributed by atoms with E-state index in [2.05, 4.69) is 5.32 Å². The molecule has 0 spiro atoms. The lowest BCUT2D eigenvalue weighted by Gasteiger charge is -2.26. The van der Waals surface area contributed by atoms with Crippen molar-refractivity contribution in [3.05, 3.63) is 0 Å². The van der Waals surface area contributed by atoms with Gasteiger partial charge in [-0.1, -0.05) is 0 Å². The van der Waals surface area contributed by atoms with Gasteiger partial charge >= 0.3 is 0 Å². The van der Waals surface area contributed by atoms with E-state index in [1.165, 1.54) is 6.92 Å². The van der Waals surface area contributed by atoms with Crippen LogP contribution in [0.3, 0.4) is 0 Å². The third-order valence-electron chi connectivity index (χ3n) is 3.24. The largest absolute Gasteiger partial charge is 0.385 e. The number of hydrogen-bond acceptors (Lipinski definition) is 5. The molecule has 3 atom stereocenters. The SMILES string of the molecule is CC1OCCC1(O)CNC(=O)C(C)S(C)(=O)=O. The Bertz CT molecular complexity index is 394. The Hall–Kier alpha value is -0.660. The number of ether oxygens (including phenoxy) is 1. The quantitative estimate of drug-likeness (QED) is 0.685. The highest BCUT2D eigenvalue weighted by Crippen LogP contribution is 2.24. The minimum Gasteiger partial charge on any atom is -0.385 e. The molecule has 1 saturated heterocycles. The van der Waals surface area contributed by atoms with E-state index < -0.39 is 26.6 Å². The van der Waals surface area contributed by atoms with E-state index in [-0.39, 0.29) is 12.6 Å². The molecule has 0 aliphatic carbocycles. The van der Waals surface area contributed by atoms with Gasteiger partial charge in [0.1, 0.15) is 10.9 Å². The summed E-state index contributed by atoms with van der Waals surface area (Å²) in [4.78, 5) is 11.6. The summed E-state index contributed by atoms with van der Waals surface area (Å²) in [5.74, 6) is -0.597. The van der Waals surface area contributed by atoms with Gasteiger partial charge in [0.2, 0.25) is 5.91 Å². The minimum absolute atomic E-state index is 0.00681. The van der Waals surface area contributed by atoms with E-state index in [0.717, 1.165) is 6.26 Å². The molecule has 0 aromatic heterocycles. The van der Waals surface area contributed by atoms with Gasteiger partial charge in [-0.15, -0.1) is 0 Å². The van der Waals surface area contributed by atoms with Crippen molar-refractivity contribution in [1.82, 2.24) is 5.32 Å². The molecule has 0 aromatic rings. The Kier molecular flexibility index (Phi) is 4.16. The Morgan fingerprint density at radius 2 is 2.24 bits per heavy atom. The molecule has 1 aliphatic rings. The molecule has 1 heterocycles. The van der Waals surface area contributed by atoms with Gasteiger partial charge in [0, 0.05) is 25.8 Å². The predicted molar refractivity (Wildman–Crippen MR) is 62.3 cm³/mol. The van der Waals surface area contributed by atoms with Crippen molar-refractivity contribution in [2.75, 3.05) is 19.4 Å².